The number of furan rings is 1. The Labute approximate surface area is 204 Å². The summed E-state index contributed by atoms with van der Waals surface area (Å²) in [5.41, 5.74) is 1.61. The molecule has 1 fully saturated rings. The monoisotopic (exact) mass is 484 g/mol. The first kappa shape index (κ1) is 24.6. The second-order valence-electron chi connectivity index (χ2n) is 8.83. The number of aliphatic carboxylic acids is 1. The highest BCUT2D eigenvalue weighted by molar-refractivity contribution is 7.99. The van der Waals surface area contributed by atoms with Crippen molar-refractivity contribution in [2.24, 2.45) is 11.8 Å². The largest absolute Gasteiger partial charge is 0.497 e. The molecule has 182 valence electrons. The number of ether oxygens (including phenoxy) is 1. The highest BCUT2D eigenvalue weighted by Crippen LogP contribution is 2.34. The van der Waals surface area contributed by atoms with E-state index in [0.717, 1.165) is 58.8 Å². The molecule has 3 atom stereocenters. The molecule has 0 aliphatic carbocycles. The van der Waals surface area contributed by atoms with E-state index in [2.05, 4.69) is 9.88 Å². The van der Waals surface area contributed by atoms with Gasteiger partial charge in [-0.15, -0.1) is 11.8 Å². The fourth-order valence-corrected chi connectivity index (χ4v) is 5.58. The van der Waals surface area contributed by atoms with Gasteiger partial charge < -0.3 is 24.3 Å². The van der Waals surface area contributed by atoms with Gasteiger partial charge >= 0.3 is 5.97 Å². The van der Waals surface area contributed by atoms with Crippen LogP contribution in [0.5, 0.6) is 5.75 Å². The summed E-state index contributed by atoms with van der Waals surface area (Å²) in [6.45, 7) is 2.37. The number of hydrogen-bond acceptors (Lipinski definition) is 7. The zero-order chi connectivity index (χ0) is 23.9. The number of carbonyl (C=O) groups is 1. The van der Waals surface area contributed by atoms with Gasteiger partial charge in [0.25, 0.3) is 0 Å². The van der Waals surface area contributed by atoms with E-state index in [4.69, 9.17) is 9.15 Å². The minimum atomic E-state index is -0.740. The van der Waals surface area contributed by atoms with Crippen LogP contribution in [0.1, 0.15) is 37.4 Å². The molecule has 0 saturated carbocycles. The van der Waals surface area contributed by atoms with Crippen LogP contribution in [0.25, 0.3) is 10.9 Å². The number of carboxylic acid groups (broad SMARTS) is 1. The topological polar surface area (TPSA) is 96.0 Å². The zero-order valence-corrected chi connectivity index (χ0v) is 20.2. The Kier molecular flexibility index (Phi) is 8.48. The van der Waals surface area contributed by atoms with Crippen LogP contribution in [-0.2, 0) is 4.79 Å². The lowest BCUT2D eigenvalue weighted by atomic mass is 9.81. The van der Waals surface area contributed by atoms with E-state index in [0.29, 0.717) is 19.4 Å². The molecule has 3 heterocycles. The number of thioether (sulfide) groups is 1. The van der Waals surface area contributed by atoms with Crippen molar-refractivity contribution in [2.75, 3.05) is 32.5 Å². The average Bonchev–Trinajstić information content (AvgIpc) is 3.38. The third-order valence-corrected chi connectivity index (χ3v) is 7.75. The smallest absolute Gasteiger partial charge is 0.308 e. The van der Waals surface area contributed by atoms with Crippen LogP contribution in [-0.4, -0.2) is 58.6 Å². The third kappa shape index (κ3) is 6.11. The lowest BCUT2D eigenvalue weighted by Gasteiger charge is -2.37. The number of aromatic nitrogens is 1. The number of benzene rings is 1. The number of rotatable bonds is 11. The summed E-state index contributed by atoms with van der Waals surface area (Å²) < 4.78 is 10.4. The number of nitrogens with zero attached hydrogens (tertiary/aromatic N) is 2. The highest BCUT2D eigenvalue weighted by Gasteiger charge is 2.34. The van der Waals surface area contributed by atoms with Crippen molar-refractivity contribution in [3.05, 3.63) is 54.6 Å². The van der Waals surface area contributed by atoms with Gasteiger partial charge in [-0.2, -0.15) is 0 Å². The quantitative estimate of drug-likeness (QED) is 0.294. The van der Waals surface area contributed by atoms with Gasteiger partial charge in [0.1, 0.15) is 12.0 Å². The van der Waals surface area contributed by atoms with Crippen molar-refractivity contribution in [2.45, 2.75) is 36.7 Å². The van der Waals surface area contributed by atoms with Gasteiger partial charge in [0.2, 0.25) is 0 Å². The first-order valence-electron chi connectivity index (χ1n) is 11.8. The van der Waals surface area contributed by atoms with Crippen LogP contribution in [0.15, 0.2) is 58.4 Å². The Morgan fingerprint density at radius 1 is 1.35 bits per heavy atom. The number of carboxylic acids is 1. The van der Waals surface area contributed by atoms with E-state index in [9.17, 15) is 15.0 Å². The number of aliphatic hydroxyl groups is 1. The van der Waals surface area contributed by atoms with Crippen molar-refractivity contribution >= 4 is 28.6 Å². The average molecular weight is 485 g/mol. The van der Waals surface area contributed by atoms with Gasteiger partial charge in [-0.3, -0.25) is 9.78 Å². The van der Waals surface area contributed by atoms with E-state index < -0.39 is 18.0 Å². The Hall–Kier alpha value is -2.55. The summed E-state index contributed by atoms with van der Waals surface area (Å²) in [6, 6.07) is 9.42. The second-order valence-corrected chi connectivity index (χ2v) is 10.00. The molecular weight excluding hydrogens is 452 g/mol. The van der Waals surface area contributed by atoms with Crippen molar-refractivity contribution in [3.63, 3.8) is 0 Å². The summed E-state index contributed by atoms with van der Waals surface area (Å²) in [5.74, 6) is 0.614. The molecule has 3 aromatic rings. The molecule has 4 rings (SSSR count). The van der Waals surface area contributed by atoms with Gasteiger partial charge in [-0.05, 0) is 86.3 Å². The molecular formula is C26H32N2O5S. The second kappa shape index (κ2) is 11.7. The molecule has 0 unspecified atom stereocenters. The molecule has 34 heavy (non-hydrogen) atoms. The Bertz CT molecular complexity index is 1070. The number of aliphatic hydroxyl groups excluding tert-OH is 1. The van der Waals surface area contributed by atoms with Crippen molar-refractivity contribution in [1.82, 2.24) is 9.88 Å². The molecule has 1 saturated heterocycles. The molecule has 8 heteroatoms. The van der Waals surface area contributed by atoms with Gasteiger partial charge in [-0.25, -0.2) is 0 Å². The number of hydrogen-bond donors (Lipinski definition) is 2. The summed E-state index contributed by atoms with van der Waals surface area (Å²) in [6.07, 6.45) is 7.49. The number of fused-ring (bicyclic) bond motifs is 1. The van der Waals surface area contributed by atoms with Crippen LogP contribution in [0.4, 0.5) is 0 Å². The van der Waals surface area contributed by atoms with Crippen LogP contribution >= 0.6 is 11.8 Å². The molecule has 7 nitrogen and oxygen atoms in total. The van der Waals surface area contributed by atoms with Crippen molar-refractivity contribution < 1.29 is 24.2 Å². The molecule has 0 bridgehead atoms. The van der Waals surface area contributed by atoms with Crippen molar-refractivity contribution in [1.29, 1.82) is 0 Å². The maximum atomic E-state index is 12.0. The van der Waals surface area contributed by atoms with E-state index in [-0.39, 0.29) is 5.92 Å². The minimum absolute atomic E-state index is 0.0614. The van der Waals surface area contributed by atoms with Gasteiger partial charge in [-0.1, -0.05) is 0 Å². The van der Waals surface area contributed by atoms with Gasteiger partial charge in [0.15, 0.2) is 0 Å². The van der Waals surface area contributed by atoms with Crippen molar-refractivity contribution in [3.8, 4) is 5.75 Å². The fourth-order valence-electron chi connectivity index (χ4n) is 4.80. The number of likely N-dealkylation sites (tertiary alicyclic amines) is 1. The SMILES string of the molecule is COc1ccc2nccc([C@H](O)CC[C@@H]3CCN(CCCSc4ccoc4)C[C@@H]3C(=O)O)c2c1. The van der Waals surface area contributed by atoms with E-state index in [1.165, 1.54) is 0 Å². The molecule has 0 amide bonds. The predicted molar refractivity (Wildman–Crippen MR) is 132 cm³/mol. The van der Waals surface area contributed by atoms with Crippen LogP contribution in [0.3, 0.4) is 0 Å². The normalized spacial score (nSPS) is 19.8. The lowest BCUT2D eigenvalue weighted by Crippen LogP contribution is -2.44. The molecule has 0 radical (unpaired) electrons. The van der Waals surface area contributed by atoms with Crippen LogP contribution in [0.2, 0.25) is 0 Å². The summed E-state index contributed by atoms with van der Waals surface area (Å²) in [5, 5.41) is 21.7. The maximum Gasteiger partial charge on any atom is 0.308 e. The standard InChI is InChI=1S/C26H32N2O5S/c1-32-19-4-5-24-22(15-19)21(7-10-27-24)25(29)6-3-18-8-12-28(16-23(18)26(30)31)11-2-14-34-20-9-13-33-17-20/h4-5,7,9-10,13,15,17-18,23,25,29H,2-3,6,8,11-12,14,16H2,1H3,(H,30,31)/t18-,23+,25-/m1/s1. The Balaban J connectivity index is 1.31. The molecule has 0 spiro atoms. The summed E-state index contributed by atoms with van der Waals surface area (Å²) in [7, 11) is 1.62. The third-order valence-electron chi connectivity index (χ3n) is 6.69. The van der Waals surface area contributed by atoms with E-state index in [1.807, 2.05) is 30.3 Å². The summed E-state index contributed by atoms with van der Waals surface area (Å²) >= 11 is 1.76. The fraction of sp³-hybridized carbons (Fsp3) is 0.462. The van der Waals surface area contributed by atoms with Crippen LogP contribution in [0, 0.1) is 11.8 Å². The Morgan fingerprint density at radius 2 is 2.24 bits per heavy atom. The van der Waals surface area contributed by atoms with Gasteiger partial charge in [0, 0.05) is 23.0 Å². The number of piperidine rings is 1. The van der Waals surface area contributed by atoms with Gasteiger partial charge in [0.05, 0.1) is 30.9 Å². The molecule has 1 aliphatic rings. The van der Waals surface area contributed by atoms with E-state index >= 15 is 0 Å². The molecule has 2 aromatic heterocycles. The molecule has 1 aromatic carbocycles. The zero-order valence-electron chi connectivity index (χ0n) is 19.4. The highest BCUT2D eigenvalue weighted by atomic mass is 32.2. The van der Waals surface area contributed by atoms with E-state index in [1.54, 1.807) is 37.6 Å². The molecule has 1 aliphatic heterocycles. The number of methoxy groups -OCH3 is 1. The minimum Gasteiger partial charge on any atom is -0.497 e. The maximum absolute atomic E-state index is 12.0. The lowest BCUT2D eigenvalue weighted by molar-refractivity contribution is -0.146. The van der Waals surface area contributed by atoms with Crippen LogP contribution < -0.4 is 4.74 Å². The first-order valence-corrected chi connectivity index (χ1v) is 12.7. The number of pyridine rings is 1. The predicted octanol–water partition coefficient (Wildman–Crippen LogP) is 4.86. The first-order chi connectivity index (χ1) is 16.5. The summed E-state index contributed by atoms with van der Waals surface area (Å²) in [4.78, 5) is 19.8. The molecule has 2 N–H and O–H groups in total. The Morgan fingerprint density at radius 3 is 3.00 bits per heavy atom.